The average molecular weight is 452 g/mol. The fourth-order valence-electron chi connectivity index (χ4n) is 4.75. The van der Waals surface area contributed by atoms with Crippen LogP contribution in [0.15, 0.2) is 48.5 Å². The first-order chi connectivity index (χ1) is 16.2. The monoisotopic (exact) mass is 451 g/mol. The molecule has 0 unspecified atom stereocenters. The number of nitrogens with one attached hydrogen (secondary N) is 1. The Bertz CT molecular complexity index is 880. The second-order valence-corrected chi connectivity index (χ2v) is 9.25. The molecule has 0 aromatic heterocycles. The lowest BCUT2D eigenvalue weighted by Gasteiger charge is -2.30. The molecular formula is C27H37N3O3. The average Bonchev–Trinajstić information content (AvgIpc) is 2.86. The van der Waals surface area contributed by atoms with E-state index in [-0.39, 0.29) is 12.5 Å². The second-order valence-electron chi connectivity index (χ2n) is 9.25. The molecule has 0 spiro atoms. The van der Waals surface area contributed by atoms with Gasteiger partial charge in [-0.2, -0.15) is 0 Å². The molecule has 6 nitrogen and oxygen atoms in total. The van der Waals surface area contributed by atoms with Crippen molar-refractivity contribution in [1.29, 1.82) is 0 Å². The Balaban J connectivity index is 1.13. The number of aliphatic hydroxyl groups excluding tert-OH is 1. The smallest absolute Gasteiger partial charge is 0.251 e. The van der Waals surface area contributed by atoms with Gasteiger partial charge in [-0.05, 0) is 74.2 Å². The maximum atomic E-state index is 12.5. The summed E-state index contributed by atoms with van der Waals surface area (Å²) in [7, 11) is 0. The minimum absolute atomic E-state index is 0.172. The number of ether oxygens (including phenoxy) is 1. The Hall–Kier alpha value is -2.41. The lowest BCUT2D eigenvalue weighted by atomic mass is 10.00. The third-order valence-corrected chi connectivity index (χ3v) is 6.63. The van der Waals surface area contributed by atoms with Crippen LogP contribution in [-0.4, -0.2) is 72.8 Å². The number of hydrogen-bond donors (Lipinski definition) is 2. The SMILES string of the molecule is O=C(NC[C@H](O)CN1CCc2ccccc2C1)c1ccc(OCCCN2CCCCC2)cc1. The predicted octanol–water partition coefficient (Wildman–Crippen LogP) is 3.09. The molecule has 0 saturated carbocycles. The number of piperidine rings is 1. The molecule has 1 amide bonds. The predicted molar refractivity (Wildman–Crippen MR) is 131 cm³/mol. The summed E-state index contributed by atoms with van der Waals surface area (Å²) in [5.74, 6) is 0.616. The zero-order valence-corrected chi connectivity index (χ0v) is 19.5. The molecule has 4 rings (SSSR count). The normalized spacial score (nSPS) is 17.8. The van der Waals surface area contributed by atoms with Gasteiger partial charge >= 0.3 is 0 Å². The largest absolute Gasteiger partial charge is 0.494 e. The van der Waals surface area contributed by atoms with Gasteiger partial charge in [0.2, 0.25) is 0 Å². The number of fused-ring (bicyclic) bond motifs is 1. The highest BCUT2D eigenvalue weighted by Crippen LogP contribution is 2.18. The maximum absolute atomic E-state index is 12.5. The summed E-state index contributed by atoms with van der Waals surface area (Å²) in [4.78, 5) is 17.2. The Morgan fingerprint density at radius 3 is 2.52 bits per heavy atom. The van der Waals surface area contributed by atoms with E-state index in [0.29, 0.717) is 18.7 Å². The molecular weight excluding hydrogens is 414 g/mol. The molecule has 178 valence electrons. The summed E-state index contributed by atoms with van der Waals surface area (Å²) in [5, 5.41) is 13.3. The van der Waals surface area contributed by atoms with E-state index in [2.05, 4.69) is 39.4 Å². The molecule has 2 aromatic carbocycles. The summed E-state index contributed by atoms with van der Waals surface area (Å²) in [5.41, 5.74) is 3.30. The number of benzene rings is 2. The Kier molecular flexibility index (Phi) is 8.75. The number of aliphatic hydroxyl groups is 1. The summed E-state index contributed by atoms with van der Waals surface area (Å²) in [6, 6.07) is 15.7. The number of carbonyl (C=O) groups excluding carboxylic acids is 1. The van der Waals surface area contributed by atoms with E-state index >= 15 is 0 Å². The Morgan fingerprint density at radius 1 is 0.970 bits per heavy atom. The molecule has 0 radical (unpaired) electrons. The highest BCUT2D eigenvalue weighted by atomic mass is 16.5. The quantitative estimate of drug-likeness (QED) is 0.544. The number of likely N-dealkylation sites (tertiary alicyclic amines) is 1. The lowest BCUT2D eigenvalue weighted by Crippen LogP contribution is -2.42. The van der Waals surface area contributed by atoms with E-state index in [1.807, 2.05) is 12.1 Å². The number of rotatable bonds is 10. The summed E-state index contributed by atoms with van der Waals surface area (Å²) in [6.07, 6.45) is 5.41. The third kappa shape index (κ3) is 7.29. The minimum Gasteiger partial charge on any atom is -0.494 e. The summed E-state index contributed by atoms with van der Waals surface area (Å²) >= 11 is 0. The van der Waals surface area contributed by atoms with E-state index in [0.717, 1.165) is 38.2 Å². The molecule has 33 heavy (non-hydrogen) atoms. The van der Waals surface area contributed by atoms with Gasteiger partial charge in [-0.15, -0.1) is 0 Å². The van der Waals surface area contributed by atoms with Crippen LogP contribution in [0.25, 0.3) is 0 Å². The molecule has 2 heterocycles. The van der Waals surface area contributed by atoms with Crippen LogP contribution >= 0.6 is 0 Å². The van der Waals surface area contributed by atoms with E-state index in [1.54, 1.807) is 12.1 Å². The Morgan fingerprint density at radius 2 is 1.73 bits per heavy atom. The van der Waals surface area contributed by atoms with Crippen molar-refractivity contribution in [2.45, 2.75) is 44.8 Å². The number of carbonyl (C=O) groups is 1. The highest BCUT2D eigenvalue weighted by molar-refractivity contribution is 5.94. The van der Waals surface area contributed by atoms with Crippen LogP contribution < -0.4 is 10.1 Å². The van der Waals surface area contributed by atoms with Gasteiger partial charge in [-0.25, -0.2) is 0 Å². The summed E-state index contributed by atoms with van der Waals surface area (Å²) in [6.45, 7) is 6.78. The molecule has 1 fully saturated rings. The van der Waals surface area contributed by atoms with Gasteiger partial charge in [0.15, 0.2) is 0 Å². The van der Waals surface area contributed by atoms with Gasteiger partial charge in [0, 0.05) is 38.3 Å². The van der Waals surface area contributed by atoms with Crippen molar-refractivity contribution in [3.8, 4) is 5.75 Å². The molecule has 2 aliphatic rings. The number of hydrogen-bond acceptors (Lipinski definition) is 5. The van der Waals surface area contributed by atoms with Crippen LogP contribution in [0.5, 0.6) is 5.75 Å². The van der Waals surface area contributed by atoms with Crippen LogP contribution in [0, 0.1) is 0 Å². The highest BCUT2D eigenvalue weighted by Gasteiger charge is 2.19. The zero-order chi connectivity index (χ0) is 22.9. The number of β-amino-alcohol motifs (C(OH)–C–C–N with tert-alkyl or cyclic N) is 1. The van der Waals surface area contributed by atoms with Crippen molar-refractivity contribution in [2.75, 3.05) is 45.9 Å². The van der Waals surface area contributed by atoms with E-state index < -0.39 is 6.10 Å². The minimum atomic E-state index is -0.596. The first-order valence-corrected chi connectivity index (χ1v) is 12.4. The van der Waals surface area contributed by atoms with Crippen molar-refractivity contribution in [1.82, 2.24) is 15.1 Å². The van der Waals surface area contributed by atoms with Crippen LogP contribution in [0.2, 0.25) is 0 Å². The second kappa shape index (κ2) is 12.2. The van der Waals surface area contributed by atoms with E-state index in [9.17, 15) is 9.90 Å². The van der Waals surface area contributed by atoms with Crippen LogP contribution in [0.4, 0.5) is 0 Å². The topological polar surface area (TPSA) is 65.0 Å². The first-order valence-electron chi connectivity index (χ1n) is 12.4. The van der Waals surface area contributed by atoms with Crippen molar-refractivity contribution >= 4 is 5.91 Å². The van der Waals surface area contributed by atoms with Gasteiger partial charge in [0.25, 0.3) is 5.91 Å². The lowest BCUT2D eigenvalue weighted by molar-refractivity contribution is 0.0842. The molecule has 2 N–H and O–H groups in total. The van der Waals surface area contributed by atoms with Crippen molar-refractivity contribution < 1.29 is 14.6 Å². The number of nitrogens with zero attached hydrogens (tertiary/aromatic N) is 2. The fraction of sp³-hybridized carbons (Fsp3) is 0.519. The van der Waals surface area contributed by atoms with E-state index in [1.165, 1.54) is 43.5 Å². The van der Waals surface area contributed by atoms with Crippen LogP contribution in [-0.2, 0) is 13.0 Å². The zero-order valence-electron chi connectivity index (χ0n) is 19.5. The van der Waals surface area contributed by atoms with Gasteiger partial charge in [-0.3, -0.25) is 9.69 Å². The summed E-state index contributed by atoms with van der Waals surface area (Å²) < 4.78 is 5.84. The van der Waals surface area contributed by atoms with Crippen molar-refractivity contribution in [3.05, 3.63) is 65.2 Å². The van der Waals surface area contributed by atoms with Gasteiger partial charge in [-0.1, -0.05) is 30.7 Å². The maximum Gasteiger partial charge on any atom is 0.251 e. The standard InChI is InChI=1S/C27H37N3O3/c31-25(21-30-17-13-22-7-2-3-8-24(22)20-30)19-28-27(32)23-9-11-26(12-10-23)33-18-6-16-29-14-4-1-5-15-29/h2-3,7-12,25,31H,1,4-6,13-21H2,(H,28,32)/t25-/m0/s1. The van der Waals surface area contributed by atoms with Gasteiger partial charge < -0.3 is 20.1 Å². The van der Waals surface area contributed by atoms with Gasteiger partial charge in [0.1, 0.15) is 5.75 Å². The molecule has 1 atom stereocenters. The van der Waals surface area contributed by atoms with Crippen molar-refractivity contribution in [3.63, 3.8) is 0 Å². The number of amides is 1. The van der Waals surface area contributed by atoms with Crippen molar-refractivity contribution in [2.24, 2.45) is 0 Å². The molecule has 0 aliphatic carbocycles. The fourth-order valence-corrected chi connectivity index (χ4v) is 4.75. The molecule has 2 aromatic rings. The van der Waals surface area contributed by atoms with E-state index in [4.69, 9.17) is 4.74 Å². The van der Waals surface area contributed by atoms with Crippen LogP contribution in [0.3, 0.4) is 0 Å². The Labute approximate surface area is 197 Å². The molecule has 1 saturated heterocycles. The molecule has 6 heteroatoms. The first kappa shape index (κ1) is 23.7. The molecule has 0 bridgehead atoms. The molecule has 2 aliphatic heterocycles. The third-order valence-electron chi connectivity index (χ3n) is 6.63. The van der Waals surface area contributed by atoms with Crippen LogP contribution in [0.1, 0.15) is 47.2 Å². The van der Waals surface area contributed by atoms with Gasteiger partial charge in [0.05, 0.1) is 12.7 Å².